The van der Waals surface area contributed by atoms with Crippen molar-refractivity contribution in [3.63, 3.8) is 0 Å². The van der Waals surface area contributed by atoms with Gasteiger partial charge in [-0.2, -0.15) is 0 Å². The lowest BCUT2D eigenvalue weighted by molar-refractivity contribution is -0.141. The predicted octanol–water partition coefficient (Wildman–Crippen LogP) is 2.71. The van der Waals surface area contributed by atoms with Gasteiger partial charge >= 0.3 is 0 Å². The van der Waals surface area contributed by atoms with Crippen LogP contribution in [-0.4, -0.2) is 54.9 Å². The first kappa shape index (κ1) is 19.7. The van der Waals surface area contributed by atoms with Crippen LogP contribution < -0.4 is 4.74 Å². The lowest BCUT2D eigenvalue weighted by atomic mass is 9.84. The van der Waals surface area contributed by atoms with E-state index in [0.717, 1.165) is 11.3 Å². The normalized spacial score (nSPS) is 23.3. The van der Waals surface area contributed by atoms with Crippen LogP contribution >= 0.6 is 0 Å². The number of likely N-dealkylation sites (N-methyl/N-ethyl adjacent to an activating group) is 1. The van der Waals surface area contributed by atoms with E-state index < -0.39 is 6.10 Å². The fourth-order valence-corrected chi connectivity index (χ4v) is 3.42. The van der Waals surface area contributed by atoms with Crippen LogP contribution in [0, 0.1) is 19.8 Å². The molecule has 1 aliphatic carbocycles. The number of amides is 1. The van der Waals surface area contributed by atoms with E-state index in [-0.39, 0.29) is 17.9 Å². The maximum absolute atomic E-state index is 12.8. The van der Waals surface area contributed by atoms with Gasteiger partial charge in [0.15, 0.2) is 0 Å². The van der Waals surface area contributed by atoms with Gasteiger partial charge in [-0.15, -0.1) is 0 Å². The fourth-order valence-electron chi connectivity index (χ4n) is 3.42. The minimum atomic E-state index is -0.461. The van der Waals surface area contributed by atoms with Gasteiger partial charge in [-0.1, -0.05) is 12.1 Å². The van der Waals surface area contributed by atoms with E-state index in [0.29, 0.717) is 39.0 Å². The second-order valence-electron chi connectivity index (χ2n) is 6.82. The summed E-state index contributed by atoms with van der Waals surface area (Å²) in [6, 6.07) is 6.01. The molecule has 140 valence electrons. The van der Waals surface area contributed by atoms with E-state index in [2.05, 4.69) is 13.0 Å². The van der Waals surface area contributed by atoms with Gasteiger partial charge in [-0.3, -0.25) is 4.79 Å². The molecule has 0 spiro atoms. The molecule has 1 saturated carbocycles. The molecule has 0 radical (unpaired) electrons. The van der Waals surface area contributed by atoms with E-state index in [1.54, 1.807) is 7.11 Å². The molecule has 0 aliphatic heterocycles. The van der Waals surface area contributed by atoms with Gasteiger partial charge in [0.05, 0.1) is 18.8 Å². The monoisotopic (exact) mass is 349 g/mol. The van der Waals surface area contributed by atoms with Crippen LogP contribution in [-0.2, 0) is 9.53 Å². The molecule has 0 unspecified atom stereocenters. The number of carbonyl (C=O) groups excluding carboxylic acids is 1. The molecule has 0 saturated heterocycles. The Bertz CT molecular complexity index is 575. The highest BCUT2D eigenvalue weighted by molar-refractivity contribution is 5.79. The first-order chi connectivity index (χ1) is 12.0. The summed E-state index contributed by atoms with van der Waals surface area (Å²) in [6.45, 7) is 7.80. The van der Waals surface area contributed by atoms with Gasteiger partial charge in [-0.25, -0.2) is 0 Å². The number of carbonyl (C=O) groups is 1. The van der Waals surface area contributed by atoms with Crippen molar-refractivity contribution in [3.05, 3.63) is 29.3 Å². The molecule has 1 fully saturated rings. The number of methoxy groups -OCH3 is 1. The molecule has 25 heavy (non-hydrogen) atoms. The molecular formula is C20H31NO4. The number of rotatable bonds is 7. The number of aliphatic hydroxyl groups is 1. The molecule has 5 nitrogen and oxygen atoms in total. The van der Waals surface area contributed by atoms with Gasteiger partial charge < -0.3 is 19.5 Å². The van der Waals surface area contributed by atoms with Crippen molar-refractivity contribution < 1.29 is 19.4 Å². The quantitative estimate of drug-likeness (QED) is 0.822. The largest absolute Gasteiger partial charge is 0.491 e. The summed E-state index contributed by atoms with van der Waals surface area (Å²) in [6.07, 6.45) is 1.22. The molecular weight excluding hydrogens is 318 g/mol. The fraction of sp³-hybridized carbons (Fsp3) is 0.650. The minimum absolute atomic E-state index is 0.0750. The van der Waals surface area contributed by atoms with Crippen LogP contribution in [0.4, 0.5) is 0 Å². The van der Waals surface area contributed by atoms with Gasteiger partial charge in [0, 0.05) is 19.6 Å². The number of hydrogen-bond acceptors (Lipinski definition) is 4. The van der Waals surface area contributed by atoms with Crippen molar-refractivity contribution in [3.8, 4) is 5.75 Å². The first-order valence-corrected chi connectivity index (χ1v) is 9.16. The lowest BCUT2D eigenvalue weighted by Crippen LogP contribution is -2.44. The summed E-state index contributed by atoms with van der Waals surface area (Å²) in [4.78, 5) is 14.6. The topological polar surface area (TPSA) is 59.0 Å². The molecule has 1 amide bonds. The first-order valence-electron chi connectivity index (χ1n) is 9.16. The Morgan fingerprint density at radius 3 is 2.76 bits per heavy atom. The van der Waals surface area contributed by atoms with Crippen LogP contribution in [0.1, 0.15) is 37.3 Å². The summed E-state index contributed by atoms with van der Waals surface area (Å²) < 4.78 is 11.2. The second kappa shape index (κ2) is 9.20. The standard InChI is InChI=1S/C20H31NO4/c1-5-21(11-12-25-18-8-6-7-14(2)15(18)3)20(23)16-9-10-17(22)19(13-16)24-4/h6-8,16-17,19,22H,5,9-13H2,1-4H3/t16-,17+,19-/m1/s1. The van der Waals surface area contributed by atoms with Crippen LogP contribution in [0.15, 0.2) is 18.2 Å². The third-order valence-corrected chi connectivity index (χ3v) is 5.28. The Labute approximate surface area is 150 Å². The number of aryl methyl sites for hydroxylation is 1. The summed E-state index contributed by atoms with van der Waals surface area (Å²) in [5.41, 5.74) is 2.34. The molecule has 1 N–H and O–H groups in total. The summed E-state index contributed by atoms with van der Waals surface area (Å²) in [5, 5.41) is 9.91. The molecule has 1 aromatic rings. The summed E-state index contributed by atoms with van der Waals surface area (Å²) in [5.74, 6) is 0.943. The molecule has 1 aromatic carbocycles. The Balaban J connectivity index is 1.89. The maximum atomic E-state index is 12.8. The molecule has 2 rings (SSSR count). The zero-order valence-electron chi connectivity index (χ0n) is 15.8. The molecule has 5 heteroatoms. The lowest BCUT2D eigenvalue weighted by Gasteiger charge is -2.34. The van der Waals surface area contributed by atoms with E-state index in [1.165, 1.54) is 5.56 Å². The third kappa shape index (κ3) is 4.95. The summed E-state index contributed by atoms with van der Waals surface area (Å²) in [7, 11) is 1.59. The van der Waals surface area contributed by atoms with Gasteiger partial charge in [0.2, 0.25) is 5.91 Å². The number of nitrogens with zero attached hydrogens (tertiary/aromatic N) is 1. The highest BCUT2D eigenvalue weighted by Gasteiger charge is 2.34. The van der Waals surface area contributed by atoms with Crippen molar-refractivity contribution in [2.45, 2.75) is 52.2 Å². The zero-order valence-corrected chi connectivity index (χ0v) is 15.8. The SMILES string of the molecule is CCN(CCOc1cccc(C)c1C)C(=O)[C@@H]1CC[C@H](O)[C@H](OC)C1. The number of hydrogen-bond donors (Lipinski definition) is 1. The zero-order chi connectivity index (χ0) is 18.4. The number of aliphatic hydroxyl groups excluding tert-OH is 1. The van der Waals surface area contributed by atoms with Crippen molar-refractivity contribution >= 4 is 5.91 Å². The second-order valence-corrected chi connectivity index (χ2v) is 6.82. The summed E-state index contributed by atoms with van der Waals surface area (Å²) >= 11 is 0. The Hall–Kier alpha value is -1.59. The maximum Gasteiger partial charge on any atom is 0.225 e. The van der Waals surface area contributed by atoms with Crippen molar-refractivity contribution in [1.82, 2.24) is 4.90 Å². The van der Waals surface area contributed by atoms with Crippen molar-refractivity contribution in [2.75, 3.05) is 26.8 Å². The van der Waals surface area contributed by atoms with E-state index in [9.17, 15) is 9.90 Å². The number of ether oxygens (including phenoxy) is 2. The highest BCUT2D eigenvalue weighted by Crippen LogP contribution is 2.28. The van der Waals surface area contributed by atoms with E-state index >= 15 is 0 Å². The van der Waals surface area contributed by atoms with Crippen molar-refractivity contribution in [2.24, 2.45) is 5.92 Å². The van der Waals surface area contributed by atoms with Crippen LogP contribution in [0.2, 0.25) is 0 Å². The average molecular weight is 349 g/mol. The molecule has 0 heterocycles. The molecule has 0 bridgehead atoms. The van der Waals surface area contributed by atoms with E-state index in [1.807, 2.05) is 30.9 Å². The molecule has 3 atom stereocenters. The number of benzene rings is 1. The van der Waals surface area contributed by atoms with E-state index in [4.69, 9.17) is 9.47 Å². The third-order valence-electron chi connectivity index (χ3n) is 5.28. The van der Waals surface area contributed by atoms with Gasteiger partial charge in [0.25, 0.3) is 0 Å². The predicted molar refractivity (Wildman–Crippen MR) is 97.8 cm³/mol. The van der Waals surface area contributed by atoms with Crippen LogP contribution in [0.25, 0.3) is 0 Å². The molecule has 0 aromatic heterocycles. The average Bonchev–Trinajstić information content (AvgIpc) is 2.62. The molecule has 1 aliphatic rings. The van der Waals surface area contributed by atoms with Gasteiger partial charge in [0.1, 0.15) is 12.4 Å². The highest BCUT2D eigenvalue weighted by atomic mass is 16.5. The van der Waals surface area contributed by atoms with Crippen LogP contribution in [0.5, 0.6) is 5.75 Å². The Morgan fingerprint density at radius 1 is 1.32 bits per heavy atom. The minimum Gasteiger partial charge on any atom is -0.491 e. The smallest absolute Gasteiger partial charge is 0.225 e. The van der Waals surface area contributed by atoms with Crippen molar-refractivity contribution in [1.29, 1.82) is 0 Å². The Morgan fingerprint density at radius 2 is 2.08 bits per heavy atom. The Kier molecular flexibility index (Phi) is 7.26. The van der Waals surface area contributed by atoms with Gasteiger partial charge in [-0.05, 0) is 57.2 Å². The van der Waals surface area contributed by atoms with Crippen LogP contribution in [0.3, 0.4) is 0 Å².